The van der Waals surface area contributed by atoms with Gasteiger partial charge in [-0.3, -0.25) is 9.59 Å². The fourth-order valence-electron chi connectivity index (χ4n) is 4.68. The summed E-state index contributed by atoms with van der Waals surface area (Å²) in [5.74, 6) is 1.24. The summed E-state index contributed by atoms with van der Waals surface area (Å²) in [6.07, 6.45) is 5.44. The van der Waals surface area contributed by atoms with Crippen molar-refractivity contribution >= 4 is 17.5 Å². The van der Waals surface area contributed by atoms with Crippen molar-refractivity contribution in [3.8, 4) is 11.5 Å². The third kappa shape index (κ3) is 8.58. The monoisotopic (exact) mass is 529 g/mol. The normalized spacial score (nSPS) is 14.3. The van der Waals surface area contributed by atoms with Gasteiger partial charge in [-0.1, -0.05) is 49.6 Å². The molecule has 1 aliphatic heterocycles. The van der Waals surface area contributed by atoms with Crippen LogP contribution in [0.4, 0.5) is 5.69 Å². The average Bonchev–Trinajstić information content (AvgIpc) is 2.96. The molecule has 0 radical (unpaired) electrons. The lowest BCUT2D eigenvalue weighted by molar-refractivity contribution is -0.120. The van der Waals surface area contributed by atoms with Crippen LogP contribution in [0.3, 0.4) is 0 Å². The van der Waals surface area contributed by atoms with Gasteiger partial charge in [-0.25, -0.2) is 0 Å². The molecule has 206 valence electrons. The Balaban J connectivity index is 1.49. The zero-order chi connectivity index (χ0) is 27.3. The minimum atomic E-state index is -0.150. The summed E-state index contributed by atoms with van der Waals surface area (Å²) in [7, 11) is 0. The van der Waals surface area contributed by atoms with Crippen LogP contribution in [0.15, 0.2) is 72.8 Å². The highest BCUT2D eigenvalue weighted by atomic mass is 16.5. The van der Waals surface area contributed by atoms with Crippen LogP contribution in [0.1, 0.15) is 60.5 Å². The molecule has 2 N–H and O–H groups in total. The predicted octanol–water partition coefficient (Wildman–Crippen LogP) is 5.48. The number of amides is 2. The number of nitrogens with zero attached hydrogens (tertiary/aromatic N) is 1. The number of para-hydroxylation sites is 1. The molecule has 2 amide bonds. The molecule has 7 heteroatoms. The second-order valence-corrected chi connectivity index (χ2v) is 9.69. The van der Waals surface area contributed by atoms with Crippen LogP contribution in [-0.4, -0.2) is 38.1 Å². The number of fused-ring (bicyclic) bond motifs is 1. The van der Waals surface area contributed by atoms with E-state index in [-0.39, 0.29) is 18.4 Å². The van der Waals surface area contributed by atoms with Crippen molar-refractivity contribution < 1.29 is 19.1 Å². The minimum Gasteiger partial charge on any atom is -0.494 e. The Morgan fingerprint density at radius 2 is 1.62 bits per heavy atom. The van der Waals surface area contributed by atoms with Crippen LogP contribution in [-0.2, 0) is 17.9 Å². The lowest BCUT2D eigenvalue weighted by Crippen LogP contribution is -2.37. The Hall–Kier alpha value is -3.84. The van der Waals surface area contributed by atoms with Crippen LogP contribution in [0.25, 0.3) is 0 Å². The molecule has 3 aromatic rings. The first-order valence-corrected chi connectivity index (χ1v) is 14.0. The van der Waals surface area contributed by atoms with E-state index in [2.05, 4.69) is 10.6 Å². The van der Waals surface area contributed by atoms with E-state index in [1.54, 1.807) is 6.07 Å². The van der Waals surface area contributed by atoms with Crippen molar-refractivity contribution in [3.63, 3.8) is 0 Å². The van der Waals surface area contributed by atoms with E-state index in [9.17, 15) is 9.59 Å². The zero-order valence-electron chi connectivity index (χ0n) is 22.8. The van der Waals surface area contributed by atoms with Gasteiger partial charge in [0.05, 0.1) is 6.61 Å². The Morgan fingerprint density at radius 3 is 2.41 bits per heavy atom. The number of hydrogen-bond acceptors (Lipinski definition) is 5. The first-order chi connectivity index (χ1) is 19.1. The highest BCUT2D eigenvalue weighted by Gasteiger charge is 2.21. The Labute approximate surface area is 231 Å². The van der Waals surface area contributed by atoms with Gasteiger partial charge in [0, 0.05) is 30.9 Å². The smallest absolute Gasteiger partial charge is 0.264 e. The maximum absolute atomic E-state index is 13.4. The SMILES string of the molecule is CCOc1ccc(CNC(=O)c2ccc3c(c2)CNCCCCCCCN3C(=O)COc2ccccc2)cc1. The third-order valence-electron chi connectivity index (χ3n) is 6.78. The van der Waals surface area contributed by atoms with E-state index in [0.717, 1.165) is 54.8 Å². The Morgan fingerprint density at radius 1 is 0.872 bits per heavy atom. The fourth-order valence-corrected chi connectivity index (χ4v) is 4.68. The van der Waals surface area contributed by atoms with E-state index in [1.807, 2.05) is 78.6 Å². The molecule has 0 aliphatic carbocycles. The average molecular weight is 530 g/mol. The number of anilines is 1. The quantitative estimate of drug-likeness (QED) is 0.404. The Kier molecular flexibility index (Phi) is 10.8. The van der Waals surface area contributed by atoms with Gasteiger partial charge in [0.25, 0.3) is 11.8 Å². The highest BCUT2D eigenvalue weighted by Crippen LogP contribution is 2.25. The fraction of sp³-hybridized carbons (Fsp3) is 0.375. The molecule has 0 aromatic heterocycles. The van der Waals surface area contributed by atoms with E-state index < -0.39 is 0 Å². The molecule has 0 fully saturated rings. The molecule has 1 heterocycles. The van der Waals surface area contributed by atoms with Gasteiger partial charge in [-0.05, 0) is 79.9 Å². The molecule has 4 rings (SSSR count). The maximum atomic E-state index is 13.4. The summed E-state index contributed by atoms with van der Waals surface area (Å²) in [4.78, 5) is 28.3. The molecular formula is C32H39N3O4. The molecule has 39 heavy (non-hydrogen) atoms. The van der Waals surface area contributed by atoms with Gasteiger partial charge in [0.15, 0.2) is 6.61 Å². The van der Waals surface area contributed by atoms with Crippen LogP contribution in [0.5, 0.6) is 11.5 Å². The van der Waals surface area contributed by atoms with Crippen LogP contribution < -0.4 is 25.0 Å². The van der Waals surface area contributed by atoms with Crippen molar-refractivity contribution in [2.75, 3.05) is 31.2 Å². The third-order valence-corrected chi connectivity index (χ3v) is 6.78. The molecule has 0 saturated heterocycles. The molecule has 0 unspecified atom stereocenters. The number of rotatable bonds is 8. The van der Waals surface area contributed by atoms with Crippen molar-refractivity contribution in [2.45, 2.75) is 52.1 Å². The van der Waals surface area contributed by atoms with Crippen LogP contribution in [0.2, 0.25) is 0 Å². The van der Waals surface area contributed by atoms with Crippen molar-refractivity contribution in [2.24, 2.45) is 0 Å². The molecule has 0 bridgehead atoms. The van der Waals surface area contributed by atoms with E-state index in [0.29, 0.717) is 37.6 Å². The van der Waals surface area contributed by atoms with Gasteiger partial charge in [0.2, 0.25) is 0 Å². The molecule has 0 spiro atoms. The first kappa shape index (κ1) is 28.2. The Bertz CT molecular complexity index is 1200. The molecule has 7 nitrogen and oxygen atoms in total. The number of hydrogen-bond donors (Lipinski definition) is 2. The highest BCUT2D eigenvalue weighted by molar-refractivity contribution is 5.98. The summed E-state index contributed by atoms with van der Waals surface area (Å²) in [6, 6.07) is 22.7. The summed E-state index contributed by atoms with van der Waals surface area (Å²) in [5, 5.41) is 6.52. The zero-order valence-corrected chi connectivity index (χ0v) is 22.8. The molecule has 3 aromatic carbocycles. The molecule has 0 saturated carbocycles. The molecular weight excluding hydrogens is 490 g/mol. The van der Waals surface area contributed by atoms with Crippen molar-refractivity contribution in [3.05, 3.63) is 89.5 Å². The summed E-state index contributed by atoms with van der Waals surface area (Å²) < 4.78 is 11.3. The number of carbonyl (C=O) groups excluding carboxylic acids is 2. The van der Waals surface area contributed by atoms with Crippen molar-refractivity contribution in [1.29, 1.82) is 0 Å². The summed E-state index contributed by atoms with van der Waals surface area (Å²) in [5.41, 5.74) is 3.32. The van der Waals surface area contributed by atoms with Gasteiger partial charge in [0.1, 0.15) is 11.5 Å². The minimum absolute atomic E-state index is 0.0405. The van der Waals surface area contributed by atoms with Gasteiger partial charge < -0.3 is 25.0 Å². The first-order valence-electron chi connectivity index (χ1n) is 14.0. The van der Waals surface area contributed by atoms with E-state index in [1.165, 1.54) is 6.42 Å². The van der Waals surface area contributed by atoms with Gasteiger partial charge in [-0.15, -0.1) is 0 Å². The van der Waals surface area contributed by atoms with Crippen LogP contribution >= 0.6 is 0 Å². The van der Waals surface area contributed by atoms with Gasteiger partial charge >= 0.3 is 0 Å². The van der Waals surface area contributed by atoms with E-state index >= 15 is 0 Å². The number of carbonyl (C=O) groups is 2. The number of benzene rings is 3. The largest absolute Gasteiger partial charge is 0.494 e. The van der Waals surface area contributed by atoms with E-state index in [4.69, 9.17) is 9.47 Å². The standard InChI is InChI=1S/C32H39N3O4/c1-2-38-29-16-13-25(14-17-29)22-34-32(37)26-15-18-30-27(21-26)23-33-19-9-4-3-5-10-20-35(30)31(36)24-39-28-11-7-6-8-12-28/h6-8,11-18,21,33H,2-5,9-10,19-20,22-24H2,1H3,(H,34,37). The number of nitrogens with one attached hydrogen (secondary N) is 2. The van der Waals surface area contributed by atoms with Crippen molar-refractivity contribution in [1.82, 2.24) is 10.6 Å². The maximum Gasteiger partial charge on any atom is 0.264 e. The summed E-state index contributed by atoms with van der Waals surface area (Å²) >= 11 is 0. The van der Waals surface area contributed by atoms with Gasteiger partial charge in [-0.2, -0.15) is 0 Å². The topological polar surface area (TPSA) is 79.9 Å². The molecule has 1 aliphatic rings. The van der Waals surface area contributed by atoms with Crippen LogP contribution in [0, 0.1) is 0 Å². The lowest BCUT2D eigenvalue weighted by atomic mass is 10.0. The molecule has 0 atom stereocenters. The predicted molar refractivity (Wildman–Crippen MR) is 154 cm³/mol. The second-order valence-electron chi connectivity index (χ2n) is 9.69. The second kappa shape index (κ2) is 14.9. The summed E-state index contributed by atoms with van der Waals surface area (Å²) in [6.45, 7) is 5.05. The lowest BCUT2D eigenvalue weighted by Gasteiger charge is -2.26. The number of ether oxygens (including phenoxy) is 2.